The Morgan fingerprint density at radius 3 is 2.89 bits per heavy atom. The van der Waals surface area contributed by atoms with Crippen LogP contribution in [0, 0.1) is 0 Å². The number of oxazole rings is 1. The molecule has 0 saturated heterocycles. The first-order valence-corrected chi connectivity index (χ1v) is 8.51. The first-order valence-electron chi connectivity index (χ1n) is 8.51. The first-order chi connectivity index (χ1) is 13.0. The summed E-state index contributed by atoms with van der Waals surface area (Å²) in [5, 5.41) is 5.49. The molecule has 0 unspecified atom stereocenters. The van der Waals surface area contributed by atoms with E-state index in [1.807, 2.05) is 0 Å². The molecule has 3 aromatic rings. The van der Waals surface area contributed by atoms with Crippen molar-refractivity contribution in [1.29, 1.82) is 0 Å². The standard InChI is InChI=1S/C19H17N3O5/c1-11-18(24)21-13-10-12(6-7-15(13)26-11)20-17(23)8-9-22-14-4-2-3-5-16(14)27-19(22)25/h2-7,10-11H,8-9H2,1H3,(H,20,23)(H,21,24)/t11-/m1/s1. The number of aromatic nitrogens is 1. The third-order valence-electron chi connectivity index (χ3n) is 4.33. The number of benzene rings is 2. The van der Waals surface area contributed by atoms with Crippen LogP contribution in [0.2, 0.25) is 0 Å². The lowest BCUT2D eigenvalue weighted by Crippen LogP contribution is -2.34. The number of fused-ring (bicyclic) bond motifs is 2. The molecule has 0 saturated carbocycles. The van der Waals surface area contributed by atoms with Gasteiger partial charge in [0.05, 0.1) is 11.2 Å². The van der Waals surface area contributed by atoms with E-state index >= 15 is 0 Å². The highest BCUT2D eigenvalue weighted by Crippen LogP contribution is 2.32. The Morgan fingerprint density at radius 2 is 2.04 bits per heavy atom. The highest BCUT2D eigenvalue weighted by Gasteiger charge is 2.23. The van der Waals surface area contributed by atoms with Gasteiger partial charge in [0, 0.05) is 18.7 Å². The number of nitrogens with one attached hydrogen (secondary N) is 2. The zero-order valence-corrected chi connectivity index (χ0v) is 14.5. The van der Waals surface area contributed by atoms with Crippen LogP contribution in [0.3, 0.4) is 0 Å². The number of para-hydroxylation sites is 2. The van der Waals surface area contributed by atoms with Crippen LogP contribution in [0.4, 0.5) is 11.4 Å². The molecule has 1 atom stereocenters. The number of carbonyl (C=O) groups is 2. The number of amides is 2. The largest absolute Gasteiger partial charge is 0.479 e. The van der Waals surface area contributed by atoms with E-state index in [-0.39, 0.29) is 24.8 Å². The molecular formula is C19H17N3O5. The van der Waals surface area contributed by atoms with E-state index in [2.05, 4.69) is 10.6 Å². The molecule has 0 fully saturated rings. The Bertz CT molecular complexity index is 1100. The lowest BCUT2D eigenvalue weighted by Gasteiger charge is -2.23. The summed E-state index contributed by atoms with van der Waals surface area (Å²) >= 11 is 0. The summed E-state index contributed by atoms with van der Waals surface area (Å²) in [6.07, 6.45) is -0.457. The minimum Gasteiger partial charge on any atom is -0.479 e. The number of ether oxygens (including phenoxy) is 1. The van der Waals surface area contributed by atoms with Crippen molar-refractivity contribution < 1.29 is 18.7 Å². The predicted octanol–water partition coefficient (Wildman–Crippen LogP) is 2.34. The molecule has 2 amide bonds. The van der Waals surface area contributed by atoms with Crippen molar-refractivity contribution in [3.05, 3.63) is 53.0 Å². The molecule has 138 valence electrons. The topological polar surface area (TPSA) is 103 Å². The van der Waals surface area contributed by atoms with Crippen LogP contribution in [-0.2, 0) is 16.1 Å². The smallest absolute Gasteiger partial charge is 0.419 e. The van der Waals surface area contributed by atoms with E-state index in [1.165, 1.54) is 4.57 Å². The summed E-state index contributed by atoms with van der Waals surface area (Å²) in [4.78, 5) is 35.9. The van der Waals surface area contributed by atoms with Crippen molar-refractivity contribution in [1.82, 2.24) is 4.57 Å². The van der Waals surface area contributed by atoms with Gasteiger partial charge in [-0.1, -0.05) is 12.1 Å². The number of aryl methyl sites for hydroxylation is 1. The van der Waals surface area contributed by atoms with E-state index in [1.54, 1.807) is 49.4 Å². The number of anilines is 2. The minimum absolute atomic E-state index is 0.0976. The number of hydrogen-bond donors (Lipinski definition) is 2. The van der Waals surface area contributed by atoms with Gasteiger partial charge in [0.25, 0.3) is 5.91 Å². The van der Waals surface area contributed by atoms with E-state index in [4.69, 9.17) is 9.15 Å². The van der Waals surface area contributed by atoms with Crippen molar-refractivity contribution in [2.75, 3.05) is 10.6 Å². The van der Waals surface area contributed by atoms with Crippen molar-refractivity contribution >= 4 is 34.3 Å². The van der Waals surface area contributed by atoms with E-state index < -0.39 is 11.9 Å². The Morgan fingerprint density at radius 1 is 1.22 bits per heavy atom. The van der Waals surface area contributed by atoms with Crippen LogP contribution >= 0.6 is 0 Å². The fraction of sp³-hybridized carbons (Fsp3) is 0.211. The monoisotopic (exact) mass is 367 g/mol. The predicted molar refractivity (Wildman–Crippen MR) is 98.9 cm³/mol. The number of carbonyl (C=O) groups excluding carboxylic acids is 2. The number of hydrogen-bond acceptors (Lipinski definition) is 5. The fourth-order valence-corrected chi connectivity index (χ4v) is 2.95. The van der Waals surface area contributed by atoms with Gasteiger partial charge in [-0.3, -0.25) is 14.2 Å². The van der Waals surface area contributed by atoms with Crippen LogP contribution in [0.15, 0.2) is 51.7 Å². The quantitative estimate of drug-likeness (QED) is 0.737. The van der Waals surface area contributed by atoms with Crippen LogP contribution in [-0.4, -0.2) is 22.5 Å². The van der Waals surface area contributed by atoms with Crippen LogP contribution < -0.4 is 21.1 Å². The third-order valence-corrected chi connectivity index (χ3v) is 4.33. The maximum Gasteiger partial charge on any atom is 0.419 e. The minimum atomic E-state index is -0.555. The average molecular weight is 367 g/mol. The molecule has 1 aliphatic heterocycles. The Kier molecular flexibility index (Phi) is 4.15. The van der Waals surface area contributed by atoms with E-state index in [9.17, 15) is 14.4 Å². The molecule has 2 aromatic carbocycles. The second-order valence-corrected chi connectivity index (χ2v) is 6.25. The summed E-state index contributed by atoms with van der Waals surface area (Å²) in [7, 11) is 0. The van der Waals surface area contributed by atoms with Gasteiger partial charge in [0.1, 0.15) is 5.75 Å². The lowest BCUT2D eigenvalue weighted by atomic mass is 10.2. The summed E-state index contributed by atoms with van der Waals surface area (Å²) in [5.41, 5.74) is 2.18. The molecule has 0 radical (unpaired) electrons. The second kappa shape index (κ2) is 6.64. The van der Waals surface area contributed by atoms with Gasteiger partial charge in [-0.05, 0) is 37.3 Å². The summed E-state index contributed by atoms with van der Waals surface area (Å²) in [5.74, 6) is -0.441. The highest BCUT2D eigenvalue weighted by atomic mass is 16.5. The second-order valence-electron chi connectivity index (χ2n) is 6.25. The zero-order valence-electron chi connectivity index (χ0n) is 14.5. The van der Waals surface area contributed by atoms with Gasteiger partial charge in [0.15, 0.2) is 11.7 Å². The molecule has 0 aliphatic carbocycles. The van der Waals surface area contributed by atoms with Gasteiger partial charge < -0.3 is 19.8 Å². The summed E-state index contributed by atoms with van der Waals surface area (Å²) < 4.78 is 12.1. The lowest BCUT2D eigenvalue weighted by molar-refractivity contribution is -0.122. The Hall–Kier alpha value is -3.55. The van der Waals surface area contributed by atoms with Crippen LogP contribution in [0.5, 0.6) is 5.75 Å². The van der Waals surface area contributed by atoms with Gasteiger partial charge in [0.2, 0.25) is 5.91 Å². The van der Waals surface area contributed by atoms with Crippen molar-refractivity contribution in [2.24, 2.45) is 0 Å². The van der Waals surface area contributed by atoms with Crippen LogP contribution in [0.25, 0.3) is 11.1 Å². The normalized spacial score (nSPS) is 15.7. The summed E-state index contributed by atoms with van der Waals surface area (Å²) in [6, 6.07) is 12.1. The molecular weight excluding hydrogens is 350 g/mol. The van der Waals surface area contributed by atoms with Gasteiger partial charge >= 0.3 is 5.76 Å². The molecule has 8 nitrogen and oxygen atoms in total. The number of rotatable bonds is 4. The van der Waals surface area contributed by atoms with E-state index in [0.717, 1.165) is 0 Å². The van der Waals surface area contributed by atoms with Crippen molar-refractivity contribution in [3.8, 4) is 5.75 Å². The average Bonchev–Trinajstić information content (AvgIpc) is 2.96. The van der Waals surface area contributed by atoms with Gasteiger partial charge in [-0.15, -0.1) is 0 Å². The SMILES string of the molecule is C[C@H]1Oc2ccc(NC(=O)CCn3c(=O)oc4ccccc43)cc2NC1=O. The third kappa shape index (κ3) is 3.29. The fourth-order valence-electron chi connectivity index (χ4n) is 2.95. The Balaban J connectivity index is 1.44. The molecule has 27 heavy (non-hydrogen) atoms. The zero-order chi connectivity index (χ0) is 19.0. The van der Waals surface area contributed by atoms with E-state index in [0.29, 0.717) is 28.2 Å². The molecule has 0 bridgehead atoms. The van der Waals surface area contributed by atoms with Crippen LogP contribution in [0.1, 0.15) is 13.3 Å². The molecule has 1 aromatic heterocycles. The maximum atomic E-state index is 12.3. The van der Waals surface area contributed by atoms with Gasteiger partial charge in [-0.25, -0.2) is 4.79 Å². The number of nitrogens with zero attached hydrogens (tertiary/aromatic N) is 1. The first kappa shape index (κ1) is 16.9. The molecule has 1 aliphatic rings. The summed E-state index contributed by atoms with van der Waals surface area (Å²) in [6.45, 7) is 1.86. The molecule has 4 rings (SSSR count). The molecule has 8 heteroatoms. The van der Waals surface area contributed by atoms with Crippen molar-refractivity contribution in [3.63, 3.8) is 0 Å². The molecule has 2 heterocycles. The highest BCUT2D eigenvalue weighted by molar-refractivity contribution is 5.99. The Labute approximate surface area is 153 Å². The molecule has 0 spiro atoms. The van der Waals surface area contributed by atoms with Crippen molar-refractivity contribution in [2.45, 2.75) is 26.0 Å². The molecule has 2 N–H and O–H groups in total. The van der Waals surface area contributed by atoms with Gasteiger partial charge in [-0.2, -0.15) is 0 Å². The maximum absolute atomic E-state index is 12.3.